The zero-order valence-corrected chi connectivity index (χ0v) is 11.2. The Hall–Kier alpha value is -1.56. The highest BCUT2D eigenvalue weighted by atomic mass is 19.4. The minimum atomic E-state index is -4.81. The van der Waals surface area contributed by atoms with Gasteiger partial charge in [0.15, 0.2) is 0 Å². The van der Waals surface area contributed by atoms with Crippen molar-refractivity contribution in [1.82, 2.24) is 10.2 Å². The van der Waals surface area contributed by atoms with Crippen LogP contribution in [0.3, 0.4) is 0 Å². The van der Waals surface area contributed by atoms with Crippen LogP contribution in [0.25, 0.3) is 0 Å². The Kier molecular flexibility index (Phi) is 4.32. The number of rotatable bonds is 3. The molecule has 0 aromatic heterocycles. The van der Waals surface area contributed by atoms with E-state index in [4.69, 9.17) is 0 Å². The first kappa shape index (κ1) is 14.8. The van der Waals surface area contributed by atoms with E-state index in [0.717, 1.165) is 5.56 Å². The molecule has 20 heavy (non-hydrogen) atoms. The predicted molar refractivity (Wildman–Crippen MR) is 68.9 cm³/mol. The number of likely N-dealkylation sites (tertiary alicyclic amines) is 1. The van der Waals surface area contributed by atoms with E-state index in [-0.39, 0.29) is 5.92 Å². The molecule has 1 fully saturated rings. The van der Waals surface area contributed by atoms with Gasteiger partial charge in [0.25, 0.3) is 0 Å². The minimum absolute atomic E-state index is 0.00464. The summed E-state index contributed by atoms with van der Waals surface area (Å²) in [7, 11) is 0. The van der Waals surface area contributed by atoms with Gasteiger partial charge in [-0.2, -0.15) is 13.2 Å². The van der Waals surface area contributed by atoms with E-state index in [0.29, 0.717) is 19.6 Å². The number of halogens is 3. The number of hydrogen-bond acceptors (Lipinski definition) is 2. The topological polar surface area (TPSA) is 32.3 Å². The average molecular weight is 286 g/mol. The number of benzene rings is 1. The van der Waals surface area contributed by atoms with Gasteiger partial charge in [0, 0.05) is 25.7 Å². The summed E-state index contributed by atoms with van der Waals surface area (Å²) < 4.78 is 36.7. The van der Waals surface area contributed by atoms with E-state index in [2.05, 4.69) is 10.2 Å². The van der Waals surface area contributed by atoms with E-state index >= 15 is 0 Å². The molecule has 0 saturated carbocycles. The van der Waals surface area contributed by atoms with Crippen LogP contribution in [0.15, 0.2) is 30.3 Å². The summed E-state index contributed by atoms with van der Waals surface area (Å²) in [6, 6.07) is 9.28. The summed E-state index contributed by atoms with van der Waals surface area (Å²) in [5.41, 5.74) is 1.11. The van der Waals surface area contributed by atoms with Crippen LogP contribution < -0.4 is 5.32 Å². The Balaban J connectivity index is 1.91. The summed E-state index contributed by atoms with van der Waals surface area (Å²) in [4.78, 5) is 13.0. The lowest BCUT2D eigenvalue weighted by molar-refractivity contribution is -0.174. The molecule has 1 aromatic carbocycles. The highest BCUT2D eigenvalue weighted by Gasteiger charge is 2.42. The molecule has 0 radical (unpaired) electrons. The smallest absolute Gasteiger partial charge is 0.344 e. The third-order valence-electron chi connectivity index (χ3n) is 3.51. The predicted octanol–water partition coefficient (Wildman–Crippen LogP) is 2.19. The maximum absolute atomic E-state index is 12.2. The molecule has 1 N–H and O–H groups in total. The first-order valence-corrected chi connectivity index (χ1v) is 6.50. The van der Waals surface area contributed by atoms with Gasteiger partial charge in [-0.3, -0.25) is 9.69 Å². The van der Waals surface area contributed by atoms with Gasteiger partial charge in [0.05, 0.1) is 0 Å². The molecule has 0 bridgehead atoms. The molecule has 0 unspecified atom stereocenters. The summed E-state index contributed by atoms with van der Waals surface area (Å²) in [5, 5.41) is 2.08. The number of alkyl halides is 3. The Bertz CT molecular complexity index is 461. The zero-order chi connectivity index (χ0) is 14.8. The number of nitrogens with one attached hydrogen (secondary N) is 1. The van der Waals surface area contributed by atoms with Crippen molar-refractivity contribution in [1.29, 1.82) is 0 Å². The van der Waals surface area contributed by atoms with Gasteiger partial charge in [-0.25, -0.2) is 0 Å². The molecule has 6 heteroatoms. The molecule has 1 aromatic rings. The van der Waals surface area contributed by atoms with Crippen molar-refractivity contribution in [3.05, 3.63) is 35.9 Å². The molecule has 2 rings (SSSR count). The Morgan fingerprint density at radius 1 is 1.30 bits per heavy atom. The fraction of sp³-hybridized carbons (Fsp3) is 0.500. The third-order valence-corrected chi connectivity index (χ3v) is 3.51. The van der Waals surface area contributed by atoms with Crippen LogP contribution in [0, 0.1) is 5.92 Å². The summed E-state index contributed by atoms with van der Waals surface area (Å²) >= 11 is 0. The highest BCUT2D eigenvalue weighted by molar-refractivity contribution is 5.82. The number of nitrogens with zero attached hydrogens (tertiary/aromatic N) is 1. The number of hydrogen-bond donors (Lipinski definition) is 1. The van der Waals surface area contributed by atoms with Crippen LogP contribution in [0.5, 0.6) is 0 Å². The second kappa shape index (κ2) is 5.83. The molecule has 0 spiro atoms. The molecule has 1 saturated heterocycles. The van der Waals surface area contributed by atoms with E-state index in [1.165, 1.54) is 0 Å². The molecule has 1 aliphatic rings. The normalized spacial score (nSPS) is 23.8. The summed E-state index contributed by atoms with van der Waals surface area (Å²) in [6.07, 6.45) is -4.81. The largest absolute Gasteiger partial charge is 0.471 e. The fourth-order valence-electron chi connectivity index (χ4n) is 2.48. The number of carbonyl (C=O) groups is 1. The molecular weight excluding hydrogens is 269 g/mol. The van der Waals surface area contributed by atoms with Crippen LogP contribution >= 0.6 is 0 Å². The second-order valence-electron chi connectivity index (χ2n) is 5.23. The minimum Gasteiger partial charge on any atom is -0.344 e. The van der Waals surface area contributed by atoms with Crippen molar-refractivity contribution >= 4 is 5.91 Å². The van der Waals surface area contributed by atoms with Crippen LogP contribution in [-0.2, 0) is 11.3 Å². The Morgan fingerprint density at radius 3 is 2.55 bits per heavy atom. The fourth-order valence-corrected chi connectivity index (χ4v) is 2.48. The number of amides is 1. The first-order valence-electron chi connectivity index (χ1n) is 6.50. The number of carbonyl (C=O) groups excluding carboxylic acids is 1. The molecule has 1 heterocycles. The van der Waals surface area contributed by atoms with Crippen molar-refractivity contribution in [3.63, 3.8) is 0 Å². The van der Waals surface area contributed by atoms with Crippen LogP contribution in [-0.4, -0.2) is 36.1 Å². The molecule has 1 aliphatic heterocycles. The van der Waals surface area contributed by atoms with Crippen molar-refractivity contribution in [2.75, 3.05) is 13.1 Å². The standard InChI is InChI=1S/C14H17F3N2O/c1-10-7-19(8-11-5-3-2-4-6-11)9-12(10)18-13(20)14(15,16)17/h2-6,10,12H,7-9H2,1H3,(H,18,20)/t10-,12-/m1/s1. The van der Waals surface area contributed by atoms with Gasteiger partial charge < -0.3 is 5.32 Å². The van der Waals surface area contributed by atoms with E-state index in [9.17, 15) is 18.0 Å². The van der Waals surface area contributed by atoms with Gasteiger partial charge in [-0.15, -0.1) is 0 Å². The van der Waals surface area contributed by atoms with E-state index < -0.39 is 18.1 Å². The van der Waals surface area contributed by atoms with Gasteiger partial charge in [-0.05, 0) is 11.5 Å². The molecule has 3 nitrogen and oxygen atoms in total. The SMILES string of the molecule is C[C@@H]1CN(Cc2ccccc2)C[C@H]1NC(=O)C(F)(F)F. The third kappa shape index (κ3) is 3.72. The van der Waals surface area contributed by atoms with Gasteiger partial charge in [-0.1, -0.05) is 37.3 Å². The van der Waals surface area contributed by atoms with Gasteiger partial charge in [0.2, 0.25) is 0 Å². The molecule has 2 atom stereocenters. The maximum atomic E-state index is 12.2. The highest BCUT2D eigenvalue weighted by Crippen LogP contribution is 2.21. The summed E-state index contributed by atoms with van der Waals surface area (Å²) in [5.74, 6) is -1.85. The lowest BCUT2D eigenvalue weighted by Crippen LogP contribution is -2.46. The van der Waals surface area contributed by atoms with Crippen LogP contribution in [0.2, 0.25) is 0 Å². The average Bonchev–Trinajstić information content (AvgIpc) is 2.69. The van der Waals surface area contributed by atoms with Gasteiger partial charge >= 0.3 is 12.1 Å². The lowest BCUT2D eigenvalue weighted by atomic mass is 10.1. The molecular formula is C14H17F3N2O. The van der Waals surface area contributed by atoms with Crippen molar-refractivity contribution in [2.24, 2.45) is 5.92 Å². The second-order valence-corrected chi connectivity index (χ2v) is 5.23. The van der Waals surface area contributed by atoms with E-state index in [1.807, 2.05) is 37.3 Å². The molecule has 1 amide bonds. The molecule has 0 aliphatic carbocycles. The van der Waals surface area contributed by atoms with Gasteiger partial charge in [0.1, 0.15) is 0 Å². The summed E-state index contributed by atoms with van der Waals surface area (Å²) in [6.45, 7) is 3.66. The lowest BCUT2D eigenvalue weighted by Gasteiger charge is -2.18. The van der Waals surface area contributed by atoms with E-state index in [1.54, 1.807) is 0 Å². The van der Waals surface area contributed by atoms with Crippen molar-refractivity contribution < 1.29 is 18.0 Å². The van der Waals surface area contributed by atoms with Crippen molar-refractivity contribution in [3.8, 4) is 0 Å². The quantitative estimate of drug-likeness (QED) is 0.923. The Morgan fingerprint density at radius 2 is 1.95 bits per heavy atom. The monoisotopic (exact) mass is 286 g/mol. The molecule has 110 valence electrons. The Labute approximate surface area is 115 Å². The van der Waals surface area contributed by atoms with Crippen molar-refractivity contribution in [2.45, 2.75) is 25.7 Å². The zero-order valence-electron chi connectivity index (χ0n) is 11.2. The van der Waals surface area contributed by atoms with Crippen LogP contribution in [0.4, 0.5) is 13.2 Å². The van der Waals surface area contributed by atoms with Crippen LogP contribution in [0.1, 0.15) is 12.5 Å². The first-order chi connectivity index (χ1) is 9.36. The maximum Gasteiger partial charge on any atom is 0.471 e.